The highest BCUT2D eigenvalue weighted by atomic mass is 32.2. The Bertz CT molecular complexity index is 777. The van der Waals surface area contributed by atoms with Crippen LogP contribution in [-0.4, -0.2) is 34.0 Å². The molecule has 0 saturated carbocycles. The number of likely N-dealkylation sites (N-methyl/N-ethyl adjacent to an activating group) is 1. The summed E-state index contributed by atoms with van der Waals surface area (Å²) >= 11 is 0. The number of nitrogens with zero attached hydrogens (tertiary/aromatic N) is 1. The highest BCUT2D eigenvalue weighted by Gasteiger charge is 2.19. The van der Waals surface area contributed by atoms with Crippen molar-refractivity contribution >= 4 is 10.0 Å². The van der Waals surface area contributed by atoms with Crippen molar-refractivity contribution in [3.8, 4) is 0 Å². The van der Waals surface area contributed by atoms with Gasteiger partial charge in [0.05, 0.1) is 5.75 Å². The number of hydrogen-bond donors (Lipinski definition) is 1. The van der Waals surface area contributed by atoms with Crippen molar-refractivity contribution in [3.63, 3.8) is 0 Å². The van der Waals surface area contributed by atoms with Gasteiger partial charge in [-0.3, -0.25) is 0 Å². The van der Waals surface area contributed by atoms with Crippen LogP contribution in [0, 0.1) is 11.6 Å². The quantitative estimate of drug-likeness (QED) is 0.832. The van der Waals surface area contributed by atoms with Crippen molar-refractivity contribution in [2.75, 3.05) is 20.6 Å². The lowest BCUT2D eigenvalue weighted by molar-refractivity contribution is 0.298. The van der Waals surface area contributed by atoms with Gasteiger partial charge in [-0.05, 0) is 49.5 Å². The first kappa shape index (κ1) is 18.5. The number of hydrogen-bond acceptors (Lipinski definition) is 3. The van der Waals surface area contributed by atoms with E-state index in [1.54, 1.807) is 26.2 Å². The molecule has 2 aromatic rings. The van der Waals surface area contributed by atoms with Crippen LogP contribution in [0.15, 0.2) is 48.5 Å². The molecule has 1 unspecified atom stereocenters. The van der Waals surface area contributed by atoms with Gasteiger partial charge in [0.2, 0.25) is 10.0 Å². The number of nitrogens with one attached hydrogen (secondary N) is 1. The summed E-state index contributed by atoms with van der Waals surface area (Å²) in [4.78, 5) is 1.81. The van der Waals surface area contributed by atoms with Gasteiger partial charge in [0, 0.05) is 12.6 Å². The monoisotopic (exact) mass is 354 g/mol. The van der Waals surface area contributed by atoms with Gasteiger partial charge in [-0.1, -0.05) is 24.3 Å². The largest absolute Gasteiger partial charge is 0.301 e. The van der Waals surface area contributed by atoms with Crippen LogP contribution < -0.4 is 4.72 Å². The Morgan fingerprint density at radius 3 is 2.29 bits per heavy atom. The van der Waals surface area contributed by atoms with E-state index in [9.17, 15) is 17.2 Å². The molecular weight excluding hydrogens is 334 g/mol. The second-order valence-corrected chi connectivity index (χ2v) is 7.58. The van der Waals surface area contributed by atoms with Gasteiger partial charge < -0.3 is 4.90 Å². The predicted molar refractivity (Wildman–Crippen MR) is 89.9 cm³/mol. The zero-order valence-electron chi connectivity index (χ0n) is 13.5. The summed E-state index contributed by atoms with van der Waals surface area (Å²) in [6, 6.07) is 11.1. The Morgan fingerprint density at radius 2 is 1.71 bits per heavy atom. The zero-order valence-corrected chi connectivity index (χ0v) is 14.4. The Morgan fingerprint density at radius 1 is 1.04 bits per heavy atom. The lowest BCUT2D eigenvalue weighted by Crippen LogP contribution is -2.35. The third kappa shape index (κ3) is 5.36. The normalized spacial score (nSPS) is 13.2. The number of halogens is 2. The lowest BCUT2D eigenvalue weighted by atomic mass is 10.1. The Labute approximate surface area is 141 Å². The van der Waals surface area contributed by atoms with Gasteiger partial charge >= 0.3 is 0 Å². The maximum atomic E-state index is 13.4. The SMILES string of the molecule is CN(C)C(CNS(=O)(=O)Cc1ccc(F)cc1)c1cccc(F)c1. The molecule has 1 atom stereocenters. The van der Waals surface area contributed by atoms with Crippen LogP contribution in [0.25, 0.3) is 0 Å². The van der Waals surface area contributed by atoms with E-state index in [4.69, 9.17) is 0 Å². The van der Waals surface area contributed by atoms with Crippen LogP contribution in [-0.2, 0) is 15.8 Å². The van der Waals surface area contributed by atoms with Crippen LogP contribution in [0.5, 0.6) is 0 Å². The van der Waals surface area contributed by atoms with Crippen molar-refractivity contribution < 1.29 is 17.2 Å². The summed E-state index contributed by atoms with van der Waals surface area (Å²) in [6.45, 7) is 0.111. The molecule has 0 saturated heterocycles. The molecule has 24 heavy (non-hydrogen) atoms. The van der Waals surface area contributed by atoms with Crippen LogP contribution in [0.2, 0.25) is 0 Å². The van der Waals surface area contributed by atoms with Crippen molar-refractivity contribution in [2.45, 2.75) is 11.8 Å². The minimum Gasteiger partial charge on any atom is -0.301 e. The topological polar surface area (TPSA) is 49.4 Å². The van der Waals surface area contributed by atoms with Crippen molar-refractivity contribution in [1.29, 1.82) is 0 Å². The molecule has 0 bridgehead atoms. The van der Waals surface area contributed by atoms with E-state index in [2.05, 4.69) is 4.72 Å². The van der Waals surface area contributed by atoms with Crippen LogP contribution in [0.1, 0.15) is 17.2 Å². The molecule has 4 nitrogen and oxygen atoms in total. The van der Waals surface area contributed by atoms with Crippen molar-refractivity contribution in [2.24, 2.45) is 0 Å². The molecule has 0 aliphatic carbocycles. The molecule has 0 aliphatic rings. The number of benzene rings is 2. The number of sulfonamides is 1. The minimum absolute atomic E-state index is 0.111. The van der Waals surface area contributed by atoms with Gasteiger partial charge in [-0.25, -0.2) is 21.9 Å². The average Bonchev–Trinajstić information content (AvgIpc) is 2.49. The molecule has 7 heteroatoms. The Balaban J connectivity index is 2.06. The van der Waals surface area contributed by atoms with Crippen LogP contribution in [0.3, 0.4) is 0 Å². The standard InChI is InChI=1S/C17H20F2N2O2S/c1-21(2)17(14-4-3-5-16(19)10-14)11-20-24(22,23)12-13-6-8-15(18)9-7-13/h3-10,17,20H,11-12H2,1-2H3. The Kier molecular flexibility index (Phi) is 6.04. The van der Waals surface area contributed by atoms with Crippen molar-refractivity contribution in [3.05, 3.63) is 71.3 Å². The molecule has 0 aromatic heterocycles. The molecule has 1 N–H and O–H groups in total. The first-order valence-corrected chi connectivity index (χ1v) is 9.06. The van der Waals surface area contributed by atoms with Gasteiger partial charge in [0.25, 0.3) is 0 Å². The molecule has 2 aromatic carbocycles. The van der Waals surface area contributed by atoms with E-state index in [1.807, 2.05) is 4.90 Å². The maximum absolute atomic E-state index is 13.4. The van der Waals surface area contributed by atoms with Crippen LogP contribution >= 0.6 is 0 Å². The first-order valence-electron chi connectivity index (χ1n) is 7.40. The molecule has 130 valence electrons. The summed E-state index contributed by atoms with van der Waals surface area (Å²) in [5, 5.41) is 0. The molecular formula is C17H20F2N2O2S. The highest BCUT2D eigenvalue weighted by molar-refractivity contribution is 7.88. The van der Waals surface area contributed by atoms with E-state index in [1.165, 1.54) is 36.4 Å². The van der Waals surface area contributed by atoms with E-state index >= 15 is 0 Å². The molecule has 0 amide bonds. The fraction of sp³-hybridized carbons (Fsp3) is 0.294. The molecule has 2 rings (SSSR count). The summed E-state index contributed by atoms with van der Waals surface area (Å²) in [6.07, 6.45) is 0. The second kappa shape index (κ2) is 7.83. The fourth-order valence-electron chi connectivity index (χ4n) is 2.37. The highest BCUT2D eigenvalue weighted by Crippen LogP contribution is 2.19. The van der Waals surface area contributed by atoms with Crippen molar-refractivity contribution in [1.82, 2.24) is 9.62 Å². The number of rotatable bonds is 7. The smallest absolute Gasteiger partial charge is 0.215 e. The summed E-state index contributed by atoms with van der Waals surface area (Å²) in [7, 11) is 0.00390. The van der Waals surface area contributed by atoms with Gasteiger partial charge in [0.15, 0.2) is 0 Å². The van der Waals surface area contributed by atoms with E-state index in [0.29, 0.717) is 11.1 Å². The summed E-state index contributed by atoms with van der Waals surface area (Å²) in [5.41, 5.74) is 1.18. The third-order valence-corrected chi connectivity index (χ3v) is 4.94. The lowest BCUT2D eigenvalue weighted by Gasteiger charge is -2.25. The minimum atomic E-state index is -3.59. The average molecular weight is 354 g/mol. The first-order chi connectivity index (χ1) is 11.3. The fourth-order valence-corrected chi connectivity index (χ4v) is 3.51. The van der Waals surface area contributed by atoms with Crippen LogP contribution in [0.4, 0.5) is 8.78 Å². The van der Waals surface area contributed by atoms with Gasteiger partial charge in [-0.2, -0.15) is 0 Å². The predicted octanol–water partition coefficient (Wildman–Crippen LogP) is 2.69. The van der Waals surface area contributed by atoms with Gasteiger partial charge in [0.1, 0.15) is 11.6 Å². The van der Waals surface area contributed by atoms with E-state index < -0.39 is 15.8 Å². The third-order valence-electron chi connectivity index (χ3n) is 3.62. The molecule has 0 fully saturated rings. The summed E-state index contributed by atoms with van der Waals surface area (Å²) < 4.78 is 53.2. The summed E-state index contributed by atoms with van der Waals surface area (Å²) in [5.74, 6) is -1.02. The zero-order chi connectivity index (χ0) is 17.7. The Hall–Kier alpha value is -1.83. The molecule has 0 radical (unpaired) electrons. The molecule has 0 heterocycles. The van der Waals surface area contributed by atoms with Gasteiger partial charge in [-0.15, -0.1) is 0 Å². The van der Waals surface area contributed by atoms with E-state index in [0.717, 1.165) is 0 Å². The van der Waals surface area contributed by atoms with E-state index in [-0.39, 0.29) is 24.2 Å². The molecule has 0 aliphatic heterocycles. The molecule has 0 spiro atoms. The second-order valence-electron chi connectivity index (χ2n) is 5.77. The maximum Gasteiger partial charge on any atom is 0.215 e.